The van der Waals surface area contributed by atoms with Gasteiger partial charge in [0.05, 0.1) is 22.2 Å². The van der Waals surface area contributed by atoms with Gasteiger partial charge >= 0.3 is 0 Å². The summed E-state index contributed by atoms with van der Waals surface area (Å²) in [5.74, 6) is 1.77. The zero-order valence-electron chi connectivity index (χ0n) is 28.1. The molecule has 0 amide bonds. The zero-order valence-corrected chi connectivity index (χ0v) is 28.1. The van der Waals surface area contributed by atoms with Crippen LogP contribution in [0.4, 0.5) is 0 Å². The lowest BCUT2D eigenvalue weighted by Crippen LogP contribution is -2.07. The van der Waals surface area contributed by atoms with Crippen LogP contribution in [0.15, 0.2) is 164 Å². The Morgan fingerprint density at radius 2 is 1.02 bits per heavy atom. The maximum atomic E-state index is 5.27. The monoisotopic (exact) mass is 655 g/mol. The summed E-state index contributed by atoms with van der Waals surface area (Å²) in [6.07, 6.45) is 6.21. The summed E-state index contributed by atoms with van der Waals surface area (Å²) in [6.45, 7) is 6.33. The van der Waals surface area contributed by atoms with E-state index < -0.39 is 0 Å². The van der Waals surface area contributed by atoms with E-state index in [0.29, 0.717) is 17.6 Å². The molecule has 0 fully saturated rings. The molecule has 0 saturated carbocycles. The molecule has 0 radical (unpaired) electrons. The van der Waals surface area contributed by atoms with Crippen LogP contribution >= 0.6 is 0 Å². The Bertz CT molecular complexity index is 2740. The molecule has 5 nitrogen and oxygen atoms in total. The van der Waals surface area contributed by atoms with Gasteiger partial charge in [-0.3, -0.25) is 4.57 Å². The predicted molar refractivity (Wildman–Crippen MR) is 212 cm³/mol. The van der Waals surface area contributed by atoms with Crippen LogP contribution < -0.4 is 0 Å². The predicted octanol–water partition coefficient (Wildman–Crippen LogP) is 11.6. The molecule has 9 aromatic rings. The fourth-order valence-corrected chi connectivity index (χ4v) is 7.21. The highest BCUT2D eigenvalue weighted by Crippen LogP contribution is 2.41. The number of benzene rings is 6. The Morgan fingerprint density at radius 3 is 1.69 bits per heavy atom. The van der Waals surface area contributed by atoms with Gasteiger partial charge in [-0.2, -0.15) is 9.97 Å². The Hall–Kier alpha value is -6.85. The maximum Gasteiger partial charge on any atom is 0.238 e. The lowest BCUT2D eigenvalue weighted by molar-refractivity contribution is 0.953. The summed E-state index contributed by atoms with van der Waals surface area (Å²) in [5, 5.41) is 3.36. The van der Waals surface area contributed by atoms with Crippen molar-refractivity contribution in [2.24, 2.45) is 0 Å². The molecule has 0 spiro atoms. The number of fused-ring (bicyclic) bond motifs is 5. The number of hydrogen-bond donors (Lipinski definition) is 0. The second-order valence-corrected chi connectivity index (χ2v) is 12.5. The van der Waals surface area contributed by atoms with Crippen LogP contribution in [0.25, 0.3) is 90.4 Å². The van der Waals surface area contributed by atoms with Gasteiger partial charge in [-0.25, -0.2) is 4.98 Å². The Balaban J connectivity index is 1.39. The van der Waals surface area contributed by atoms with Crippen LogP contribution in [-0.2, 0) is 0 Å². The first-order valence-electron chi connectivity index (χ1n) is 17.1. The van der Waals surface area contributed by atoms with Gasteiger partial charge in [0.2, 0.25) is 5.95 Å². The summed E-state index contributed by atoms with van der Waals surface area (Å²) in [5.41, 5.74) is 10.4. The molecule has 0 bridgehead atoms. The maximum absolute atomic E-state index is 5.27. The van der Waals surface area contributed by atoms with E-state index in [1.165, 1.54) is 0 Å². The lowest BCUT2D eigenvalue weighted by Gasteiger charge is -2.13. The SMILES string of the molecule is C=Cc1c(/C=C\C)c2ccc3c4ccccc4n(-c4nc(-c5ccccc5)nc(-c5ccc(-c6ccccc6)cc5)n4)c3c2n1-c1ccccc1. The molecule has 0 saturated heterocycles. The molecule has 0 unspecified atom stereocenters. The summed E-state index contributed by atoms with van der Waals surface area (Å²) in [4.78, 5) is 15.6. The van der Waals surface area contributed by atoms with Crippen molar-refractivity contribution < 1.29 is 0 Å². The van der Waals surface area contributed by atoms with Gasteiger partial charge in [0.15, 0.2) is 11.6 Å². The summed E-state index contributed by atoms with van der Waals surface area (Å²) in [7, 11) is 0. The van der Waals surface area contributed by atoms with Gasteiger partial charge in [0.25, 0.3) is 0 Å². The lowest BCUT2D eigenvalue weighted by atomic mass is 10.0. The van der Waals surface area contributed by atoms with Gasteiger partial charge < -0.3 is 4.57 Å². The molecule has 0 atom stereocenters. The Labute approximate surface area is 296 Å². The average Bonchev–Trinajstić information content (AvgIpc) is 3.71. The third-order valence-electron chi connectivity index (χ3n) is 9.49. The normalized spacial score (nSPS) is 11.6. The molecule has 3 aromatic heterocycles. The highest BCUT2D eigenvalue weighted by Gasteiger charge is 2.24. The number of allylic oxidation sites excluding steroid dienone is 1. The fraction of sp³-hybridized carbons (Fsp3) is 0.0217. The number of para-hydroxylation sites is 2. The summed E-state index contributed by atoms with van der Waals surface area (Å²) in [6, 6.07) is 52.5. The molecule has 6 aromatic carbocycles. The fourth-order valence-electron chi connectivity index (χ4n) is 7.21. The number of nitrogens with zero attached hydrogens (tertiary/aromatic N) is 5. The van der Waals surface area contributed by atoms with Crippen molar-refractivity contribution in [3.63, 3.8) is 0 Å². The van der Waals surface area contributed by atoms with Gasteiger partial charge in [-0.05, 0) is 42.3 Å². The molecule has 51 heavy (non-hydrogen) atoms. The van der Waals surface area contributed by atoms with Crippen LogP contribution in [0.2, 0.25) is 0 Å². The van der Waals surface area contributed by atoms with Gasteiger partial charge in [-0.15, -0.1) is 0 Å². The van der Waals surface area contributed by atoms with E-state index in [1.54, 1.807) is 0 Å². The highest BCUT2D eigenvalue weighted by atomic mass is 15.2. The smallest absolute Gasteiger partial charge is 0.238 e. The Morgan fingerprint density at radius 1 is 0.490 bits per heavy atom. The zero-order chi connectivity index (χ0) is 34.3. The van der Waals surface area contributed by atoms with Crippen LogP contribution in [0.1, 0.15) is 18.2 Å². The van der Waals surface area contributed by atoms with Crippen molar-refractivity contribution in [1.29, 1.82) is 0 Å². The van der Waals surface area contributed by atoms with E-state index in [2.05, 4.69) is 144 Å². The second kappa shape index (κ2) is 12.6. The molecule has 5 heteroatoms. The molecule has 242 valence electrons. The molecule has 0 aliphatic heterocycles. The summed E-state index contributed by atoms with van der Waals surface area (Å²) >= 11 is 0. The number of aromatic nitrogens is 5. The molecule has 0 aliphatic carbocycles. The van der Waals surface area contributed by atoms with Crippen molar-refractivity contribution in [2.75, 3.05) is 0 Å². The average molecular weight is 656 g/mol. The van der Waals surface area contributed by atoms with Crippen molar-refractivity contribution in [2.45, 2.75) is 6.92 Å². The molecule has 3 heterocycles. The van der Waals surface area contributed by atoms with Crippen molar-refractivity contribution in [1.82, 2.24) is 24.1 Å². The first kappa shape index (κ1) is 30.2. The minimum atomic E-state index is 0.554. The van der Waals surface area contributed by atoms with E-state index in [-0.39, 0.29) is 0 Å². The first-order valence-corrected chi connectivity index (χ1v) is 17.1. The van der Waals surface area contributed by atoms with Gasteiger partial charge in [-0.1, -0.05) is 152 Å². The van der Waals surface area contributed by atoms with E-state index in [9.17, 15) is 0 Å². The number of hydrogen-bond acceptors (Lipinski definition) is 3. The minimum Gasteiger partial charge on any atom is -0.307 e. The third kappa shape index (κ3) is 5.06. The van der Waals surface area contributed by atoms with Crippen LogP contribution in [-0.4, -0.2) is 24.1 Å². The first-order chi connectivity index (χ1) is 25.2. The van der Waals surface area contributed by atoms with E-state index in [0.717, 1.165) is 71.9 Å². The minimum absolute atomic E-state index is 0.554. The molecule has 0 N–H and O–H groups in total. The van der Waals surface area contributed by atoms with Crippen LogP contribution in [0, 0.1) is 0 Å². The molecular weight excluding hydrogens is 623 g/mol. The summed E-state index contributed by atoms with van der Waals surface area (Å²) < 4.78 is 4.53. The second-order valence-electron chi connectivity index (χ2n) is 12.5. The van der Waals surface area contributed by atoms with Gasteiger partial charge in [0.1, 0.15) is 0 Å². The quantitative estimate of drug-likeness (QED) is 0.172. The van der Waals surface area contributed by atoms with Gasteiger partial charge in [0, 0.05) is 38.5 Å². The van der Waals surface area contributed by atoms with Crippen molar-refractivity contribution in [3.05, 3.63) is 176 Å². The van der Waals surface area contributed by atoms with E-state index >= 15 is 0 Å². The standard InChI is InChI=1S/C46H33N5/c1-3-16-36-38-29-30-39-37-23-14-15-24-41(37)51(43(39)42(38)50(40(36)4-2)35-21-12-7-13-22-35)46-48-44(33-19-10-6-11-20-33)47-45(49-46)34-27-25-32(26-28-34)31-17-8-5-9-18-31/h3-30H,2H2,1H3/b16-3-. The molecule has 9 rings (SSSR count). The Kier molecular flexibility index (Phi) is 7.44. The van der Waals surface area contributed by atoms with E-state index in [4.69, 9.17) is 15.0 Å². The molecular formula is C46H33N5. The topological polar surface area (TPSA) is 48.5 Å². The van der Waals surface area contributed by atoms with E-state index in [1.807, 2.05) is 48.5 Å². The van der Waals surface area contributed by atoms with Crippen molar-refractivity contribution >= 4 is 44.9 Å². The van der Waals surface area contributed by atoms with Crippen LogP contribution in [0.3, 0.4) is 0 Å². The molecule has 0 aliphatic rings. The van der Waals surface area contributed by atoms with Crippen LogP contribution in [0.5, 0.6) is 0 Å². The third-order valence-corrected chi connectivity index (χ3v) is 9.49. The largest absolute Gasteiger partial charge is 0.307 e. The number of rotatable bonds is 7. The van der Waals surface area contributed by atoms with Crippen molar-refractivity contribution in [3.8, 4) is 45.5 Å². The highest BCUT2D eigenvalue weighted by molar-refractivity contribution is 6.19.